The molecule has 0 unspecified atom stereocenters. The first-order valence-electron chi connectivity index (χ1n) is 8.22. The summed E-state index contributed by atoms with van der Waals surface area (Å²) >= 11 is 7.31. The quantitative estimate of drug-likeness (QED) is 0.310. The first-order chi connectivity index (χ1) is 13.1. The van der Waals surface area contributed by atoms with Crippen molar-refractivity contribution in [2.45, 2.75) is 11.7 Å². The average Bonchev–Trinajstić information content (AvgIpc) is 3.09. The van der Waals surface area contributed by atoms with Crippen molar-refractivity contribution >= 4 is 29.1 Å². The largest absolute Gasteiger partial charge is 0.497 e. The topological polar surface area (TPSA) is 57.0 Å². The molecule has 0 saturated heterocycles. The zero-order chi connectivity index (χ0) is 19.2. The molecule has 0 saturated carbocycles. The zero-order valence-electron chi connectivity index (χ0n) is 14.8. The number of benzene rings is 2. The van der Waals surface area contributed by atoms with E-state index in [2.05, 4.69) is 16.8 Å². The van der Waals surface area contributed by atoms with Crippen LogP contribution in [-0.4, -0.2) is 33.4 Å². The third-order valence-corrected chi connectivity index (χ3v) is 5.09. The molecule has 138 valence electrons. The van der Waals surface area contributed by atoms with Gasteiger partial charge in [-0.1, -0.05) is 29.4 Å². The average molecular weight is 400 g/mol. The first kappa shape index (κ1) is 19.2. The second kappa shape index (κ2) is 8.88. The van der Waals surface area contributed by atoms with Crippen LogP contribution in [-0.2, 0) is 6.54 Å². The minimum atomic E-state index is 0.0175. The Morgan fingerprint density at radius 2 is 1.89 bits per heavy atom. The molecular weight excluding hydrogens is 382 g/mol. The van der Waals surface area contributed by atoms with Crippen molar-refractivity contribution in [2.24, 2.45) is 0 Å². The number of carbonyl (C=O) groups excluding carboxylic acids is 1. The van der Waals surface area contributed by atoms with Crippen LogP contribution in [0.1, 0.15) is 10.4 Å². The fraction of sp³-hybridized carbons (Fsp3) is 0.150. The number of hydrogen-bond acceptors (Lipinski definition) is 5. The van der Waals surface area contributed by atoms with E-state index in [1.54, 1.807) is 37.5 Å². The standard InChI is InChI=1S/C20H18ClN3O2S/c1-3-12-24-19(15-4-8-16(21)9-5-15)22-23-20(24)27-13-18(25)14-6-10-17(26-2)11-7-14/h3-11H,1,12-13H2,2H3. The van der Waals surface area contributed by atoms with Crippen molar-refractivity contribution in [1.29, 1.82) is 0 Å². The summed E-state index contributed by atoms with van der Waals surface area (Å²) in [6.45, 7) is 4.34. The molecule has 1 heterocycles. The molecule has 5 nitrogen and oxygen atoms in total. The van der Waals surface area contributed by atoms with Gasteiger partial charge in [0.05, 0.1) is 12.9 Å². The van der Waals surface area contributed by atoms with Gasteiger partial charge in [-0.2, -0.15) is 0 Å². The second-order valence-electron chi connectivity index (χ2n) is 5.65. The van der Waals surface area contributed by atoms with E-state index in [1.807, 2.05) is 28.8 Å². The summed E-state index contributed by atoms with van der Waals surface area (Å²) in [6, 6.07) is 14.5. The number of carbonyl (C=O) groups is 1. The molecule has 0 N–H and O–H groups in total. The SMILES string of the molecule is C=CCn1c(SCC(=O)c2ccc(OC)cc2)nnc1-c1ccc(Cl)cc1. The normalized spacial score (nSPS) is 10.6. The Bertz CT molecular complexity index is 937. The zero-order valence-corrected chi connectivity index (χ0v) is 16.3. The van der Waals surface area contributed by atoms with Crippen molar-refractivity contribution in [3.8, 4) is 17.1 Å². The number of ketones is 1. The van der Waals surface area contributed by atoms with Gasteiger partial charge in [-0.25, -0.2) is 0 Å². The molecule has 0 amide bonds. The van der Waals surface area contributed by atoms with Crippen LogP contribution >= 0.6 is 23.4 Å². The van der Waals surface area contributed by atoms with Crippen molar-refractivity contribution in [2.75, 3.05) is 12.9 Å². The van der Waals surface area contributed by atoms with Crippen LogP contribution in [0.15, 0.2) is 66.3 Å². The molecule has 0 spiro atoms. The first-order valence-corrected chi connectivity index (χ1v) is 9.59. The second-order valence-corrected chi connectivity index (χ2v) is 7.03. The van der Waals surface area contributed by atoms with Crippen molar-refractivity contribution < 1.29 is 9.53 Å². The van der Waals surface area contributed by atoms with Crippen LogP contribution in [0.5, 0.6) is 5.75 Å². The van der Waals surface area contributed by atoms with Crippen LogP contribution in [0.2, 0.25) is 5.02 Å². The number of thioether (sulfide) groups is 1. The predicted molar refractivity (Wildman–Crippen MR) is 109 cm³/mol. The molecule has 0 bridgehead atoms. The monoisotopic (exact) mass is 399 g/mol. The fourth-order valence-electron chi connectivity index (χ4n) is 2.49. The van der Waals surface area contributed by atoms with Gasteiger partial charge >= 0.3 is 0 Å². The molecule has 27 heavy (non-hydrogen) atoms. The number of nitrogens with zero attached hydrogens (tertiary/aromatic N) is 3. The summed E-state index contributed by atoms with van der Waals surface area (Å²) in [4.78, 5) is 12.4. The number of methoxy groups -OCH3 is 1. The summed E-state index contributed by atoms with van der Waals surface area (Å²) in [7, 11) is 1.59. The molecule has 3 rings (SSSR count). The summed E-state index contributed by atoms with van der Waals surface area (Å²) in [5.41, 5.74) is 1.54. The van der Waals surface area contributed by atoms with E-state index in [0.717, 1.165) is 11.3 Å². The van der Waals surface area contributed by atoms with Gasteiger partial charge in [0.25, 0.3) is 0 Å². The minimum absolute atomic E-state index is 0.0175. The highest BCUT2D eigenvalue weighted by Gasteiger charge is 2.15. The Morgan fingerprint density at radius 1 is 1.19 bits per heavy atom. The Balaban J connectivity index is 1.77. The van der Waals surface area contributed by atoms with Crippen LogP contribution in [0.3, 0.4) is 0 Å². The molecule has 0 fully saturated rings. The summed E-state index contributed by atoms with van der Waals surface area (Å²) in [5, 5.41) is 9.86. The molecule has 0 aliphatic carbocycles. The van der Waals surface area contributed by atoms with E-state index in [1.165, 1.54) is 11.8 Å². The number of halogens is 1. The van der Waals surface area contributed by atoms with Crippen molar-refractivity contribution in [3.63, 3.8) is 0 Å². The molecule has 3 aromatic rings. The number of aromatic nitrogens is 3. The number of Topliss-reactive ketones (excluding diaryl/α,β-unsaturated/α-hetero) is 1. The minimum Gasteiger partial charge on any atom is -0.497 e. The van der Waals surface area contributed by atoms with Crippen LogP contribution < -0.4 is 4.74 Å². The van der Waals surface area contributed by atoms with Gasteiger partial charge in [0.1, 0.15) is 5.75 Å². The highest BCUT2D eigenvalue weighted by molar-refractivity contribution is 7.99. The molecule has 0 aliphatic rings. The van der Waals surface area contributed by atoms with E-state index in [4.69, 9.17) is 16.3 Å². The van der Waals surface area contributed by atoms with Gasteiger partial charge in [0, 0.05) is 22.7 Å². The lowest BCUT2D eigenvalue weighted by Crippen LogP contribution is -2.05. The van der Waals surface area contributed by atoms with Gasteiger partial charge in [0.15, 0.2) is 16.8 Å². The smallest absolute Gasteiger partial charge is 0.192 e. The van der Waals surface area contributed by atoms with Crippen LogP contribution in [0.25, 0.3) is 11.4 Å². The van der Waals surface area contributed by atoms with Gasteiger partial charge in [-0.05, 0) is 48.5 Å². The van der Waals surface area contributed by atoms with Crippen LogP contribution in [0, 0.1) is 0 Å². The lowest BCUT2D eigenvalue weighted by molar-refractivity contribution is 0.102. The fourth-order valence-corrected chi connectivity index (χ4v) is 3.46. The summed E-state index contributed by atoms with van der Waals surface area (Å²) in [5.74, 6) is 1.72. The van der Waals surface area contributed by atoms with Crippen LogP contribution in [0.4, 0.5) is 0 Å². The van der Waals surface area contributed by atoms with Crippen molar-refractivity contribution in [1.82, 2.24) is 14.8 Å². The maximum absolute atomic E-state index is 12.4. The number of ether oxygens (including phenoxy) is 1. The van der Waals surface area contributed by atoms with Gasteiger partial charge in [-0.15, -0.1) is 16.8 Å². The lowest BCUT2D eigenvalue weighted by Gasteiger charge is -2.08. The lowest BCUT2D eigenvalue weighted by atomic mass is 10.1. The molecular formula is C20H18ClN3O2S. The maximum Gasteiger partial charge on any atom is 0.192 e. The Morgan fingerprint density at radius 3 is 2.52 bits per heavy atom. The number of rotatable bonds is 8. The molecule has 0 radical (unpaired) electrons. The van der Waals surface area contributed by atoms with E-state index in [-0.39, 0.29) is 11.5 Å². The number of hydrogen-bond donors (Lipinski definition) is 0. The molecule has 0 atom stereocenters. The highest BCUT2D eigenvalue weighted by Crippen LogP contribution is 2.26. The number of allylic oxidation sites excluding steroid dienone is 1. The Labute approximate surface area is 167 Å². The predicted octanol–water partition coefficient (Wildman–Crippen LogP) is 4.77. The third kappa shape index (κ3) is 4.59. The third-order valence-electron chi connectivity index (χ3n) is 3.88. The molecule has 7 heteroatoms. The maximum atomic E-state index is 12.4. The van der Waals surface area contributed by atoms with Gasteiger partial charge in [0.2, 0.25) is 0 Å². The van der Waals surface area contributed by atoms with E-state index in [0.29, 0.717) is 28.1 Å². The molecule has 0 aliphatic heterocycles. The van der Waals surface area contributed by atoms with Crippen molar-refractivity contribution in [3.05, 3.63) is 71.8 Å². The summed E-state index contributed by atoms with van der Waals surface area (Å²) < 4.78 is 7.05. The van der Waals surface area contributed by atoms with E-state index in [9.17, 15) is 4.79 Å². The van der Waals surface area contributed by atoms with E-state index >= 15 is 0 Å². The van der Waals surface area contributed by atoms with Gasteiger partial charge in [-0.3, -0.25) is 9.36 Å². The van der Waals surface area contributed by atoms with E-state index < -0.39 is 0 Å². The Kier molecular flexibility index (Phi) is 6.32. The highest BCUT2D eigenvalue weighted by atomic mass is 35.5. The Hall–Kier alpha value is -2.57. The molecule has 2 aromatic carbocycles. The molecule has 1 aromatic heterocycles. The van der Waals surface area contributed by atoms with Gasteiger partial charge < -0.3 is 4.74 Å². The summed E-state index contributed by atoms with van der Waals surface area (Å²) in [6.07, 6.45) is 1.78.